The molecule has 274 valence electrons. The number of aromatic nitrogens is 4. The molecule has 0 spiro atoms. The number of ether oxygens (including phenoxy) is 3. The molecule has 0 amide bonds. The molecule has 2 heterocycles. The van der Waals surface area contributed by atoms with Gasteiger partial charge in [-0.2, -0.15) is 49.5 Å². The molecule has 0 radical (unpaired) electrons. The number of hydrogen-bond donors (Lipinski definition) is 0. The van der Waals surface area contributed by atoms with Crippen LogP contribution in [0.15, 0.2) is 55.0 Å². The van der Waals surface area contributed by atoms with Crippen molar-refractivity contribution >= 4 is 11.9 Å². The molecule has 0 bridgehead atoms. The quantitative estimate of drug-likeness (QED) is 0.109. The maximum atomic E-state index is 14.1. The van der Waals surface area contributed by atoms with Crippen molar-refractivity contribution in [2.24, 2.45) is 0 Å². The van der Waals surface area contributed by atoms with Crippen LogP contribution in [0.5, 0.6) is 17.5 Å². The van der Waals surface area contributed by atoms with Crippen molar-refractivity contribution in [3.8, 4) is 28.8 Å². The Morgan fingerprint density at radius 2 is 1.43 bits per heavy atom. The standard InChI is InChI=1S/C32H28F9N5O5/c1-17(24-12-19(30(33,34)35)6-7-23(24)27-25(49-2)15-44-29(45-27)50-3)46(28-42-13-22(14-43-28)51-8-4-5-26(47)48)16-18-9-20(31(36,37)38)11-21(10-18)32(39,40)41/h6-7,9-15,17H,4-5,8,16H2,1-3H3,(H,47,48)/p-1. The topological polar surface area (TPSA) is 123 Å². The highest BCUT2D eigenvalue weighted by Crippen LogP contribution is 2.42. The first kappa shape index (κ1) is 38.4. The second-order valence-electron chi connectivity index (χ2n) is 10.8. The number of anilines is 1. The van der Waals surface area contributed by atoms with Gasteiger partial charge in [-0.25, -0.2) is 9.97 Å². The maximum Gasteiger partial charge on any atom is 0.416 e. The number of carboxylic acid groups (broad SMARTS) is 1. The van der Waals surface area contributed by atoms with Crippen molar-refractivity contribution in [2.45, 2.75) is 50.9 Å². The second kappa shape index (κ2) is 15.3. The molecule has 19 heteroatoms. The van der Waals surface area contributed by atoms with Gasteiger partial charge in [0.2, 0.25) is 5.95 Å². The number of alkyl halides is 9. The number of carboxylic acids is 1. The molecule has 2 aromatic carbocycles. The number of carbonyl (C=O) groups excluding carboxylic acids is 1. The summed E-state index contributed by atoms with van der Waals surface area (Å²) in [6, 6.07) is 1.99. The first-order chi connectivity index (χ1) is 23.8. The Balaban J connectivity index is 1.91. The number of aliphatic carboxylic acids is 1. The fourth-order valence-corrected chi connectivity index (χ4v) is 4.89. The van der Waals surface area contributed by atoms with E-state index < -0.39 is 59.3 Å². The summed E-state index contributed by atoms with van der Waals surface area (Å²) in [7, 11) is 2.48. The van der Waals surface area contributed by atoms with Gasteiger partial charge < -0.3 is 29.0 Å². The van der Waals surface area contributed by atoms with Crippen molar-refractivity contribution < 1.29 is 63.6 Å². The third kappa shape index (κ3) is 9.66. The Labute approximate surface area is 283 Å². The molecule has 1 atom stereocenters. The summed E-state index contributed by atoms with van der Waals surface area (Å²) in [5, 5.41) is 10.7. The van der Waals surface area contributed by atoms with Crippen molar-refractivity contribution in [3.63, 3.8) is 0 Å². The van der Waals surface area contributed by atoms with Crippen molar-refractivity contribution in [1.82, 2.24) is 19.9 Å². The molecule has 1 unspecified atom stereocenters. The zero-order valence-corrected chi connectivity index (χ0v) is 26.8. The minimum atomic E-state index is -5.19. The van der Waals surface area contributed by atoms with E-state index in [-0.39, 0.29) is 65.8 Å². The number of hydrogen-bond acceptors (Lipinski definition) is 10. The maximum absolute atomic E-state index is 14.1. The molecule has 0 N–H and O–H groups in total. The lowest BCUT2D eigenvalue weighted by molar-refractivity contribution is -0.305. The van der Waals surface area contributed by atoms with E-state index in [2.05, 4.69) is 19.9 Å². The Morgan fingerprint density at radius 3 is 1.96 bits per heavy atom. The Kier molecular flexibility index (Phi) is 11.5. The third-order valence-corrected chi connectivity index (χ3v) is 7.35. The van der Waals surface area contributed by atoms with Gasteiger partial charge in [-0.1, -0.05) is 6.07 Å². The van der Waals surface area contributed by atoms with Crippen LogP contribution in [-0.4, -0.2) is 46.7 Å². The Morgan fingerprint density at radius 1 is 0.824 bits per heavy atom. The van der Waals surface area contributed by atoms with Crippen LogP contribution >= 0.6 is 0 Å². The van der Waals surface area contributed by atoms with Gasteiger partial charge in [-0.15, -0.1) is 0 Å². The van der Waals surface area contributed by atoms with Crippen LogP contribution in [-0.2, 0) is 29.9 Å². The number of benzene rings is 2. The zero-order chi connectivity index (χ0) is 37.7. The fraction of sp³-hybridized carbons (Fsp3) is 0.344. The molecule has 2 aromatic heterocycles. The van der Waals surface area contributed by atoms with Crippen LogP contribution in [0.3, 0.4) is 0 Å². The van der Waals surface area contributed by atoms with Gasteiger partial charge in [-0.3, -0.25) is 0 Å². The highest BCUT2D eigenvalue weighted by atomic mass is 19.4. The molecular weight excluding hydrogens is 705 g/mol. The number of carbonyl (C=O) groups is 1. The summed E-state index contributed by atoms with van der Waals surface area (Å²) in [6.07, 6.45) is -12.1. The lowest BCUT2D eigenvalue weighted by atomic mass is 9.94. The highest BCUT2D eigenvalue weighted by molar-refractivity contribution is 5.71. The van der Waals surface area contributed by atoms with E-state index >= 15 is 0 Å². The normalized spacial score (nSPS) is 12.7. The van der Waals surface area contributed by atoms with E-state index in [0.29, 0.717) is 12.1 Å². The van der Waals surface area contributed by atoms with Gasteiger partial charge in [0.25, 0.3) is 0 Å². The first-order valence-electron chi connectivity index (χ1n) is 14.7. The number of methoxy groups -OCH3 is 2. The minimum Gasteiger partial charge on any atom is -0.550 e. The van der Waals surface area contributed by atoms with Gasteiger partial charge in [0.05, 0.1) is 62.1 Å². The van der Waals surface area contributed by atoms with Crippen LogP contribution in [0.1, 0.15) is 53.6 Å². The molecule has 0 aliphatic rings. The molecule has 0 aliphatic heterocycles. The van der Waals surface area contributed by atoms with Gasteiger partial charge in [0, 0.05) is 18.1 Å². The average molecular weight is 733 g/mol. The van der Waals surface area contributed by atoms with Crippen molar-refractivity contribution in [3.05, 3.63) is 82.8 Å². The predicted molar refractivity (Wildman–Crippen MR) is 158 cm³/mol. The van der Waals surface area contributed by atoms with Gasteiger partial charge >= 0.3 is 24.5 Å². The molecule has 4 rings (SSSR count). The van der Waals surface area contributed by atoms with Crippen molar-refractivity contribution in [2.75, 3.05) is 25.7 Å². The van der Waals surface area contributed by atoms with Crippen LogP contribution < -0.4 is 24.2 Å². The fourth-order valence-electron chi connectivity index (χ4n) is 4.89. The van der Waals surface area contributed by atoms with E-state index in [1.807, 2.05) is 0 Å². The van der Waals surface area contributed by atoms with E-state index in [1.54, 1.807) is 0 Å². The molecule has 4 aromatic rings. The first-order valence-corrected chi connectivity index (χ1v) is 14.7. The summed E-state index contributed by atoms with van der Waals surface area (Å²) < 4.78 is 141. The summed E-state index contributed by atoms with van der Waals surface area (Å²) in [4.78, 5) is 28.2. The van der Waals surface area contributed by atoms with E-state index in [1.165, 1.54) is 27.3 Å². The largest absolute Gasteiger partial charge is 0.550 e. The summed E-state index contributed by atoms with van der Waals surface area (Å²) in [5.74, 6) is -1.63. The second-order valence-corrected chi connectivity index (χ2v) is 10.8. The molecule has 0 fully saturated rings. The lowest BCUT2D eigenvalue weighted by Gasteiger charge is -2.32. The van der Waals surface area contributed by atoms with Crippen LogP contribution in [0.25, 0.3) is 11.3 Å². The average Bonchev–Trinajstić information content (AvgIpc) is 3.07. The molecule has 51 heavy (non-hydrogen) atoms. The molecule has 0 saturated carbocycles. The van der Waals surface area contributed by atoms with Crippen molar-refractivity contribution in [1.29, 1.82) is 0 Å². The van der Waals surface area contributed by atoms with Crippen LogP contribution in [0.2, 0.25) is 0 Å². The SMILES string of the molecule is COc1ncc(OC)c(-c2ccc(C(F)(F)F)cc2C(C)N(Cc2cc(C(F)(F)F)cc(C(F)(F)F)c2)c2ncc(OCCCC(=O)[O-])cn2)n1. The van der Waals surface area contributed by atoms with Gasteiger partial charge in [0.1, 0.15) is 5.69 Å². The Hall–Kier alpha value is -5.36. The number of rotatable bonds is 13. The molecule has 0 saturated heterocycles. The summed E-state index contributed by atoms with van der Waals surface area (Å²) in [5.41, 5.74) is -5.06. The van der Waals surface area contributed by atoms with E-state index in [4.69, 9.17) is 14.2 Å². The van der Waals surface area contributed by atoms with Crippen LogP contribution in [0, 0.1) is 0 Å². The molecular formula is C32H27F9N5O5-. The highest BCUT2D eigenvalue weighted by Gasteiger charge is 2.38. The number of nitrogens with zero attached hydrogens (tertiary/aromatic N) is 5. The third-order valence-electron chi connectivity index (χ3n) is 7.35. The molecule has 10 nitrogen and oxygen atoms in total. The smallest absolute Gasteiger partial charge is 0.416 e. The minimum absolute atomic E-state index is 0.000290. The van der Waals surface area contributed by atoms with Gasteiger partial charge in [0.15, 0.2) is 11.5 Å². The lowest BCUT2D eigenvalue weighted by Crippen LogP contribution is -2.29. The summed E-state index contributed by atoms with van der Waals surface area (Å²) in [6.45, 7) is 0.481. The number of halogens is 9. The Bertz CT molecular complexity index is 1800. The summed E-state index contributed by atoms with van der Waals surface area (Å²) >= 11 is 0. The monoisotopic (exact) mass is 732 g/mol. The van der Waals surface area contributed by atoms with Gasteiger partial charge in [-0.05, 0) is 61.2 Å². The molecule has 0 aliphatic carbocycles. The van der Waals surface area contributed by atoms with Crippen LogP contribution in [0.4, 0.5) is 45.5 Å². The van der Waals surface area contributed by atoms with E-state index in [0.717, 1.165) is 35.5 Å². The van der Waals surface area contributed by atoms with E-state index in [9.17, 15) is 49.4 Å². The zero-order valence-electron chi connectivity index (χ0n) is 26.8. The predicted octanol–water partition coefficient (Wildman–Crippen LogP) is 6.68.